The Hall–Kier alpha value is -2.89. The normalized spacial score (nSPS) is 10.4. The number of benzene rings is 1. The minimum absolute atomic E-state index is 0.680. The van der Waals surface area contributed by atoms with Crippen molar-refractivity contribution in [2.24, 2.45) is 0 Å². The molecule has 0 aliphatic rings. The van der Waals surface area contributed by atoms with Crippen LogP contribution < -0.4 is 5.32 Å². The van der Waals surface area contributed by atoms with Gasteiger partial charge in [0.25, 0.3) is 0 Å². The topological polar surface area (TPSA) is 60.6 Å². The number of rotatable bonds is 5. The minimum atomic E-state index is 0.680. The highest BCUT2D eigenvalue weighted by atomic mass is 15.4. The molecule has 3 aromatic rings. The van der Waals surface area contributed by atoms with Gasteiger partial charge in [-0.25, -0.2) is 9.36 Å². The second kappa shape index (κ2) is 5.40. The van der Waals surface area contributed by atoms with Gasteiger partial charge in [0.05, 0.1) is 30.0 Å². The largest absolute Gasteiger partial charge is 0.379 e. The SMILES string of the molecule is C=Cn1cc(CNc2ccccc2-n2ccnn2)cn1. The van der Waals surface area contributed by atoms with Crippen LogP contribution in [0.3, 0.4) is 0 Å². The average Bonchev–Trinajstić information content (AvgIpc) is 3.17. The lowest BCUT2D eigenvalue weighted by Gasteiger charge is -2.10. The van der Waals surface area contributed by atoms with Crippen molar-refractivity contribution in [3.05, 3.63) is 61.2 Å². The Labute approximate surface area is 116 Å². The van der Waals surface area contributed by atoms with Gasteiger partial charge in [-0.05, 0) is 12.1 Å². The van der Waals surface area contributed by atoms with Gasteiger partial charge in [-0.3, -0.25) is 0 Å². The van der Waals surface area contributed by atoms with E-state index in [1.807, 2.05) is 42.9 Å². The van der Waals surface area contributed by atoms with Crippen molar-refractivity contribution in [2.75, 3.05) is 5.32 Å². The lowest BCUT2D eigenvalue weighted by atomic mass is 10.2. The van der Waals surface area contributed by atoms with Gasteiger partial charge < -0.3 is 5.32 Å². The lowest BCUT2D eigenvalue weighted by molar-refractivity contribution is 0.803. The smallest absolute Gasteiger partial charge is 0.0894 e. The zero-order chi connectivity index (χ0) is 13.8. The molecule has 0 fully saturated rings. The molecule has 1 N–H and O–H groups in total. The van der Waals surface area contributed by atoms with Gasteiger partial charge in [0, 0.05) is 24.5 Å². The molecule has 6 heteroatoms. The van der Waals surface area contributed by atoms with Crippen molar-refractivity contribution in [3.63, 3.8) is 0 Å². The van der Waals surface area contributed by atoms with E-state index in [-0.39, 0.29) is 0 Å². The van der Waals surface area contributed by atoms with E-state index in [1.54, 1.807) is 21.8 Å². The Kier molecular flexibility index (Phi) is 3.28. The van der Waals surface area contributed by atoms with Crippen LogP contribution in [0.2, 0.25) is 0 Å². The van der Waals surface area contributed by atoms with Crippen LogP contribution in [0, 0.1) is 0 Å². The molecular weight excluding hydrogens is 252 g/mol. The molecule has 100 valence electrons. The van der Waals surface area contributed by atoms with E-state index in [4.69, 9.17) is 0 Å². The predicted octanol–water partition coefficient (Wildman–Crippen LogP) is 2.18. The van der Waals surface area contributed by atoms with Crippen molar-refractivity contribution < 1.29 is 0 Å². The van der Waals surface area contributed by atoms with E-state index in [0.29, 0.717) is 6.54 Å². The number of aromatic nitrogens is 5. The molecule has 0 saturated carbocycles. The van der Waals surface area contributed by atoms with Crippen LogP contribution in [0.1, 0.15) is 5.56 Å². The fourth-order valence-corrected chi connectivity index (χ4v) is 1.93. The van der Waals surface area contributed by atoms with E-state index >= 15 is 0 Å². The van der Waals surface area contributed by atoms with Crippen molar-refractivity contribution in [2.45, 2.75) is 6.54 Å². The van der Waals surface area contributed by atoms with Crippen molar-refractivity contribution in [1.82, 2.24) is 24.8 Å². The fourth-order valence-electron chi connectivity index (χ4n) is 1.93. The molecule has 0 radical (unpaired) electrons. The van der Waals surface area contributed by atoms with Crippen LogP contribution in [0.4, 0.5) is 5.69 Å². The fraction of sp³-hybridized carbons (Fsp3) is 0.0714. The van der Waals surface area contributed by atoms with E-state index in [0.717, 1.165) is 16.9 Å². The summed E-state index contributed by atoms with van der Waals surface area (Å²) in [7, 11) is 0. The highest BCUT2D eigenvalue weighted by Gasteiger charge is 2.04. The lowest BCUT2D eigenvalue weighted by Crippen LogP contribution is -2.04. The molecule has 3 rings (SSSR count). The zero-order valence-corrected chi connectivity index (χ0v) is 10.8. The first-order chi connectivity index (χ1) is 9.86. The predicted molar refractivity (Wildman–Crippen MR) is 77.3 cm³/mol. The standard InChI is InChI=1S/C14H14N6/c1-2-19-11-12(10-17-19)9-15-13-5-3-4-6-14(13)20-8-7-16-18-20/h2-8,10-11,15H,1,9H2. The number of para-hydroxylation sites is 2. The summed E-state index contributed by atoms with van der Waals surface area (Å²) in [5.41, 5.74) is 3.03. The van der Waals surface area contributed by atoms with Crippen LogP contribution in [0.15, 0.2) is 55.6 Å². The first kappa shape index (κ1) is 12.2. The molecule has 1 aromatic carbocycles. The van der Waals surface area contributed by atoms with Gasteiger partial charge in [0.2, 0.25) is 0 Å². The van der Waals surface area contributed by atoms with Gasteiger partial charge in [0.1, 0.15) is 0 Å². The van der Waals surface area contributed by atoms with E-state index < -0.39 is 0 Å². The summed E-state index contributed by atoms with van der Waals surface area (Å²) >= 11 is 0. The molecule has 0 amide bonds. The summed E-state index contributed by atoms with van der Waals surface area (Å²) in [6.45, 7) is 4.35. The number of anilines is 1. The van der Waals surface area contributed by atoms with Gasteiger partial charge in [-0.15, -0.1) is 5.10 Å². The molecule has 0 aliphatic carbocycles. The van der Waals surface area contributed by atoms with Gasteiger partial charge in [0.15, 0.2) is 0 Å². The number of hydrogen-bond donors (Lipinski definition) is 1. The summed E-state index contributed by atoms with van der Waals surface area (Å²) < 4.78 is 3.41. The molecule has 0 unspecified atom stereocenters. The van der Waals surface area contributed by atoms with E-state index in [9.17, 15) is 0 Å². The molecule has 0 atom stereocenters. The first-order valence-corrected chi connectivity index (χ1v) is 6.22. The minimum Gasteiger partial charge on any atom is -0.379 e. The molecule has 2 heterocycles. The Morgan fingerprint density at radius 2 is 2.20 bits per heavy atom. The Balaban J connectivity index is 1.79. The molecule has 0 bridgehead atoms. The Morgan fingerprint density at radius 1 is 1.30 bits per heavy atom. The Bertz CT molecular complexity index is 698. The van der Waals surface area contributed by atoms with Crippen molar-refractivity contribution >= 4 is 11.9 Å². The first-order valence-electron chi connectivity index (χ1n) is 6.22. The number of hydrogen-bond acceptors (Lipinski definition) is 4. The summed E-state index contributed by atoms with van der Waals surface area (Å²) in [6.07, 6.45) is 8.87. The van der Waals surface area contributed by atoms with Crippen LogP contribution in [-0.2, 0) is 6.54 Å². The summed E-state index contributed by atoms with van der Waals surface area (Å²) in [4.78, 5) is 0. The maximum atomic E-state index is 4.15. The summed E-state index contributed by atoms with van der Waals surface area (Å²) in [5, 5.41) is 15.4. The monoisotopic (exact) mass is 266 g/mol. The third-order valence-electron chi connectivity index (χ3n) is 2.90. The van der Waals surface area contributed by atoms with Crippen molar-refractivity contribution in [3.8, 4) is 5.69 Å². The van der Waals surface area contributed by atoms with E-state index in [1.165, 1.54) is 0 Å². The third kappa shape index (κ3) is 2.44. The second-order valence-electron chi connectivity index (χ2n) is 4.23. The third-order valence-corrected chi connectivity index (χ3v) is 2.90. The molecular formula is C14H14N6. The van der Waals surface area contributed by atoms with Crippen molar-refractivity contribution in [1.29, 1.82) is 0 Å². The van der Waals surface area contributed by atoms with Crippen LogP contribution in [0.5, 0.6) is 0 Å². The highest BCUT2D eigenvalue weighted by molar-refractivity contribution is 5.60. The molecule has 6 nitrogen and oxygen atoms in total. The maximum Gasteiger partial charge on any atom is 0.0894 e. The zero-order valence-electron chi connectivity index (χ0n) is 10.8. The maximum absolute atomic E-state index is 4.15. The van der Waals surface area contributed by atoms with Crippen LogP contribution >= 0.6 is 0 Å². The Morgan fingerprint density at radius 3 is 2.95 bits per heavy atom. The average molecular weight is 266 g/mol. The molecule has 20 heavy (non-hydrogen) atoms. The van der Waals surface area contributed by atoms with Gasteiger partial charge in [-0.1, -0.05) is 23.9 Å². The highest BCUT2D eigenvalue weighted by Crippen LogP contribution is 2.19. The molecule has 0 spiro atoms. The van der Waals surface area contributed by atoms with E-state index in [2.05, 4.69) is 27.3 Å². The van der Waals surface area contributed by atoms with Crippen LogP contribution in [0.25, 0.3) is 11.9 Å². The van der Waals surface area contributed by atoms with Gasteiger partial charge in [-0.2, -0.15) is 5.10 Å². The number of nitrogens with one attached hydrogen (secondary N) is 1. The summed E-state index contributed by atoms with van der Waals surface area (Å²) in [6, 6.07) is 7.95. The quantitative estimate of drug-likeness (QED) is 0.769. The molecule has 0 aliphatic heterocycles. The summed E-state index contributed by atoms with van der Waals surface area (Å²) in [5.74, 6) is 0. The van der Waals surface area contributed by atoms with Gasteiger partial charge >= 0.3 is 0 Å². The molecule has 0 saturated heterocycles. The molecule has 2 aromatic heterocycles. The number of nitrogens with zero attached hydrogens (tertiary/aromatic N) is 5. The second-order valence-corrected chi connectivity index (χ2v) is 4.23. The van der Waals surface area contributed by atoms with Crippen LogP contribution in [-0.4, -0.2) is 24.8 Å².